The Bertz CT molecular complexity index is 953. The molecule has 2 aromatic rings. The normalized spacial score (nSPS) is 18.8. The van der Waals surface area contributed by atoms with E-state index in [9.17, 15) is 19.1 Å². The zero-order valence-corrected chi connectivity index (χ0v) is 18.0. The molecule has 2 amide bonds. The van der Waals surface area contributed by atoms with Crippen molar-refractivity contribution >= 4 is 17.5 Å². The van der Waals surface area contributed by atoms with E-state index < -0.39 is 17.6 Å². The maximum atomic E-state index is 14.3. The molecule has 1 atom stereocenters. The lowest BCUT2D eigenvalue weighted by molar-refractivity contribution is -0.124. The first-order valence-corrected chi connectivity index (χ1v) is 10.8. The number of ether oxygens (including phenoxy) is 1. The van der Waals surface area contributed by atoms with E-state index in [-0.39, 0.29) is 23.3 Å². The number of carbonyl (C=O) groups excluding carboxylic acids is 2. The zero-order chi connectivity index (χ0) is 22.7. The molecule has 1 saturated heterocycles. The van der Waals surface area contributed by atoms with Crippen LogP contribution in [-0.2, 0) is 9.53 Å². The molecular formula is C23H28FN3O5. The van der Waals surface area contributed by atoms with Crippen molar-refractivity contribution in [2.75, 3.05) is 31.6 Å². The molecule has 0 radical (unpaired) electrons. The molecule has 1 aromatic heterocycles. The quantitative estimate of drug-likeness (QED) is 0.539. The molecule has 8 nitrogen and oxygen atoms in total. The topological polar surface area (TPSA) is 104 Å². The van der Waals surface area contributed by atoms with Crippen LogP contribution in [0.3, 0.4) is 0 Å². The molecule has 32 heavy (non-hydrogen) atoms. The number of furan rings is 1. The number of aliphatic hydroxyl groups excluding tert-OH is 1. The highest BCUT2D eigenvalue weighted by atomic mass is 19.1. The Morgan fingerprint density at radius 2 is 2.06 bits per heavy atom. The number of methoxy groups -OCH3 is 1. The average Bonchev–Trinajstić information content (AvgIpc) is 3.37. The Balaban J connectivity index is 1.28. The van der Waals surface area contributed by atoms with Crippen molar-refractivity contribution in [2.24, 2.45) is 5.92 Å². The second kappa shape index (κ2) is 9.30. The van der Waals surface area contributed by atoms with E-state index in [1.165, 1.54) is 25.7 Å². The van der Waals surface area contributed by atoms with Crippen molar-refractivity contribution in [1.82, 2.24) is 10.6 Å². The number of aliphatic hydroxyl groups is 1. The Labute approximate surface area is 185 Å². The van der Waals surface area contributed by atoms with Gasteiger partial charge in [0.15, 0.2) is 6.29 Å². The summed E-state index contributed by atoms with van der Waals surface area (Å²) in [5, 5.41) is 15.9. The van der Waals surface area contributed by atoms with Crippen LogP contribution in [0.4, 0.5) is 10.1 Å². The monoisotopic (exact) mass is 445 g/mol. The van der Waals surface area contributed by atoms with E-state index in [4.69, 9.17) is 9.15 Å². The van der Waals surface area contributed by atoms with Gasteiger partial charge in [-0.1, -0.05) is 6.07 Å². The highest BCUT2D eigenvalue weighted by Gasteiger charge is 2.51. The van der Waals surface area contributed by atoms with Crippen molar-refractivity contribution in [3.8, 4) is 0 Å². The van der Waals surface area contributed by atoms with E-state index >= 15 is 0 Å². The van der Waals surface area contributed by atoms with Gasteiger partial charge in [-0.3, -0.25) is 9.59 Å². The van der Waals surface area contributed by atoms with Gasteiger partial charge in [0.1, 0.15) is 17.6 Å². The van der Waals surface area contributed by atoms with Gasteiger partial charge in [-0.25, -0.2) is 4.39 Å². The minimum atomic E-state index is -1.32. The molecule has 1 aliphatic heterocycles. The average molecular weight is 445 g/mol. The molecule has 172 valence electrons. The summed E-state index contributed by atoms with van der Waals surface area (Å²) in [4.78, 5) is 27.0. The van der Waals surface area contributed by atoms with Crippen LogP contribution >= 0.6 is 0 Å². The van der Waals surface area contributed by atoms with Gasteiger partial charge in [-0.15, -0.1) is 0 Å². The van der Waals surface area contributed by atoms with Gasteiger partial charge < -0.3 is 29.8 Å². The summed E-state index contributed by atoms with van der Waals surface area (Å²) in [6.45, 7) is 1.87. The highest BCUT2D eigenvalue weighted by molar-refractivity contribution is 6.00. The first-order valence-electron chi connectivity index (χ1n) is 10.8. The fourth-order valence-electron chi connectivity index (χ4n) is 4.16. The maximum absolute atomic E-state index is 14.3. The Hall–Kier alpha value is -2.91. The first-order chi connectivity index (χ1) is 15.4. The number of hydrogen-bond donors (Lipinski definition) is 3. The molecule has 0 bridgehead atoms. The van der Waals surface area contributed by atoms with Crippen molar-refractivity contribution in [3.63, 3.8) is 0 Å². The van der Waals surface area contributed by atoms with Gasteiger partial charge in [0.2, 0.25) is 5.91 Å². The molecule has 1 unspecified atom stereocenters. The number of carbonyl (C=O) groups is 2. The van der Waals surface area contributed by atoms with Crippen LogP contribution in [0.25, 0.3) is 0 Å². The van der Waals surface area contributed by atoms with Gasteiger partial charge in [0.25, 0.3) is 5.91 Å². The van der Waals surface area contributed by atoms with E-state index in [2.05, 4.69) is 10.6 Å². The van der Waals surface area contributed by atoms with E-state index in [1.54, 1.807) is 18.2 Å². The lowest BCUT2D eigenvalue weighted by Crippen LogP contribution is -2.50. The smallest absolute Gasteiger partial charge is 0.255 e. The number of amides is 2. The van der Waals surface area contributed by atoms with Gasteiger partial charge in [0, 0.05) is 32.4 Å². The van der Waals surface area contributed by atoms with Crippen molar-refractivity contribution in [3.05, 3.63) is 53.7 Å². The third-order valence-electron chi connectivity index (χ3n) is 6.33. The minimum Gasteiger partial charge on any atom is -0.472 e. The Morgan fingerprint density at radius 3 is 2.69 bits per heavy atom. The van der Waals surface area contributed by atoms with Gasteiger partial charge in [0.05, 0.1) is 17.4 Å². The van der Waals surface area contributed by atoms with E-state index in [0.29, 0.717) is 43.7 Å². The number of nitrogens with zero attached hydrogens (tertiary/aromatic N) is 1. The largest absolute Gasteiger partial charge is 0.472 e. The van der Waals surface area contributed by atoms with Crippen LogP contribution in [0, 0.1) is 11.7 Å². The predicted molar refractivity (Wildman–Crippen MR) is 114 cm³/mol. The van der Waals surface area contributed by atoms with Gasteiger partial charge >= 0.3 is 0 Å². The summed E-state index contributed by atoms with van der Waals surface area (Å²) in [7, 11) is 1.33. The van der Waals surface area contributed by atoms with Crippen molar-refractivity contribution in [1.29, 1.82) is 0 Å². The van der Waals surface area contributed by atoms with E-state index in [1.807, 2.05) is 4.90 Å². The number of anilines is 1. The molecule has 1 aromatic carbocycles. The lowest BCUT2D eigenvalue weighted by atomic mass is 9.95. The first kappa shape index (κ1) is 22.3. The highest BCUT2D eigenvalue weighted by Crippen LogP contribution is 2.36. The fourth-order valence-corrected chi connectivity index (χ4v) is 4.16. The maximum Gasteiger partial charge on any atom is 0.255 e. The minimum absolute atomic E-state index is 0.144. The van der Waals surface area contributed by atoms with Crippen LogP contribution in [0.2, 0.25) is 0 Å². The Morgan fingerprint density at radius 1 is 1.31 bits per heavy atom. The van der Waals surface area contributed by atoms with Gasteiger partial charge in [-0.2, -0.15) is 0 Å². The number of hydrogen-bond acceptors (Lipinski definition) is 6. The molecule has 2 aliphatic rings. The van der Waals surface area contributed by atoms with Crippen LogP contribution in [0.15, 0.2) is 41.2 Å². The van der Waals surface area contributed by atoms with Crippen molar-refractivity contribution < 1.29 is 28.2 Å². The van der Waals surface area contributed by atoms with Crippen LogP contribution in [-0.4, -0.2) is 49.2 Å². The molecule has 2 heterocycles. The SMILES string of the molecule is COC(O)c1c(F)cccc1N1CCC(CNC(=O)C2(NC(=O)c3ccoc3)CC2)CC1. The number of piperidine rings is 1. The number of rotatable bonds is 8. The second-order valence-corrected chi connectivity index (χ2v) is 8.45. The number of nitrogens with one attached hydrogen (secondary N) is 2. The number of halogens is 1. The summed E-state index contributed by atoms with van der Waals surface area (Å²) in [6, 6.07) is 6.27. The summed E-state index contributed by atoms with van der Waals surface area (Å²) >= 11 is 0. The molecule has 4 rings (SSSR count). The molecule has 1 saturated carbocycles. The summed E-state index contributed by atoms with van der Waals surface area (Å²) in [5.74, 6) is -0.699. The molecule has 9 heteroatoms. The Kier molecular flexibility index (Phi) is 6.48. The van der Waals surface area contributed by atoms with E-state index in [0.717, 1.165) is 12.8 Å². The van der Waals surface area contributed by atoms with Crippen LogP contribution in [0.1, 0.15) is 47.9 Å². The summed E-state index contributed by atoms with van der Waals surface area (Å²) < 4.78 is 24.1. The summed E-state index contributed by atoms with van der Waals surface area (Å²) in [6.07, 6.45) is 4.31. The molecule has 3 N–H and O–H groups in total. The molecule has 2 fully saturated rings. The molecular weight excluding hydrogens is 417 g/mol. The second-order valence-electron chi connectivity index (χ2n) is 8.45. The lowest BCUT2D eigenvalue weighted by Gasteiger charge is -2.35. The molecule has 0 spiro atoms. The van der Waals surface area contributed by atoms with Crippen molar-refractivity contribution in [2.45, 2.75) is 37.5 Å². The number of benzene rings is 1. The third-order valence-corrected chi connectivity index (χ3v) is 6.33. The predicted octanol–water partition coefficient (Wildman–Crippen LogP) is 2.35. The zero-order valence-electron chi connectivity index (χ0n) is 18.0. The standard InChI is InChI=1S/C23H28FN3O5/c1-31-21(29)19-17(24)3-2-4-18(19)27-10-5-15(6-11-27)13-25-22(30)23(8-9-23)26-20(28)16-7-12-32-14-16/h2-4,7,12,14-15,21,29H,5-6,8-11,13H2,1H3,(H,25,30)(H,26,28). The summed E-state index contributed by atoms with van der Waals surface area (Å²) in [5.41, 5.74) is 0.334. The molecule has 1 aliphatic carbocycles. The fraction of sp³-hybridized carbons (Fsp3) is 0.478. The van der Waals surface area contributed by atoms with Crippen LogP contribution in [0.5, 0.6) is 0 Å². The third kappa shape index (κ3) is 4.63. The van der Waals surface area contributed by atoms with Gasteiger partial charge in [-0.05, 0) is 49.8 Å². The van der Waals surface area contributed by atoms with Crippen LogP contribution < -0.4 is 15.5 Å².